The van der Waals surface area contributed by atoms with E-state index in [0.29, 0.717) is 43.4 Å². The molecular weight excluding hydrogens is 453 g/mol. The molecular formula is C25H28FN5O2S. The van der Waals surface area contributed by atoms with Gasteiger partial charge in [-0.3, -0.25) is 9.59 Å². The maximum absolute atomic E-state index is 13.4. The van der Waals surface area contributed by atoms with E-state index in [0.717, 1.165) is 24.4 Å². The first kappa shape index (κ1) is 22.7. The summed E-state index contributed by atoms with van der Waals surface area (Å²) in [5.41, 5.74) is 0.636. The molecule has 1 unspecified atom stereocenters. The molecule has 7 nitrogen and oxygen atoms in total. The highest BCUT2D eigenvalue weighted by molar-refractivity contribution is 7.13. The summed E-state index contributed by atoms with van der Waals surface area (Å²) < 4.78 is 15.0. The lowest BCUT2D eigenvalue weighted by Gasteiger charge is -2.36. The summed E-state index contributed by atoms with van der Waals surface area (Å²) in [5.74, 6) is 0.847. The molecule has 2 saturated heterocycles. The molecule has 0 spiro atoms. The number of piperidine rings is 2. The second-order valence-electron chi connectivity index (χ2n) is 9.22. The molecule has 9 heteroatoms. The summed E-state index contributed by atoms with van der Waals surface area (Å²) in [4.78, 5) is 35.4. The minimum absolute atomic E-state index is 0.0271. The quantitative estimate of drug-likeness (QED) is 0.559. The topological polar surface area (TPSA) is 71.3 Å². The standard InChI is InChI=1S/C25H28FN5O2S/c1-17-4-2-12-30(16-17)24(32)18-10-13-29(14-11-18)25(33)22-27-23(21-5-3-15-34-21)31(28-22)20-8-6-19(26)7-9-20/h3,5-9,15,17-18H,2,4,10-14,16H2,1H3. The maximum atomic E-state index is 13.4. The van der Waals surface area contributed by atoms with Gasteiger partial charge in [0, 0.05) is 32.1 Å². The molecule has 2 amide bonds. The molecule has 2 fully saturated rings. The minimum Gasteiger partial charge on any atom is -0.342 e. The smallest absolute Gasteiger partial charge is 0.293 e. The van der Waals surface area contributed by atoms with Gasteiger partial charge in [-0.1, -0.05) is 13.0 Å². The van der Waals surface area contributed by atoms with Crippen LogP contribution in [0.1, 0.15) is 43.2 Å². The second-order valence-corrected chi connectivity index (χ2v) is 10.2. The van der Waals surface area contributed by atoms with E-state index in [9.17, 15) is 14.0 Å². The van der Waals surface area contributed by atoms with Gasteiger partial charge in [0.15, 0.2) is 5.82 Å². The predicted molar refractivity (Wildman–Crippen MR) is 128 cm³/mol. The number of benzene rings is 1. The van der Waals surface area contributed by atoms with Gasteiger partial charge in [0.25, 0.3) is 5.91 Å². The van der Waals surface area contributed by atoms with E-state index >= 15 is 0 Å². The van der Waals surface area contributed by atoms with Crippen molar-refractivity contribution in [2.45, 2.75) is 32.6 Å². The molecule has 0 aliphatic carbocycles. The van der Waals surface area contributed by atoms with Gasteiger partial charge in [0.2, 0.25) is 11.7 Å². The van der Waals surface area contributed by atoms with Crippen molar-refractivity contribution in [1.82, 2.24) is 24.6 Å². The average Bonchev–Trinajstić information content (AvgIpc) is 3.54. The van der Waals surface area contributed by atoms with Crippen LogP contribution in [0, 0.1) is 17.7 Å². The summed E-state index contributed by atoms with van der Waals surface area (Å²) in [6, 6.07) is 9.79. The Labute approximate surface area is 202 Å². The third-order valence-electron chi connectivity index (χ3n) is 6.71. The number of amides is 2. The number of nitrogens with zero attached hydrogens (tertiary/aromatic N) is 5. The van der Waals surface area contributed by atoms with Crippen molar-refractivity contribution in [2.24, 2.45) is 11.8 Å². The number of carbonyl (C=O) groups excluding carboxylic acids is 2. The Morgan fingerprint density at radius 1 is 1.03 bits per heavy atom. The molecule has 4 heterocycles. The lowest BCUT2D eigenvalue weighted by molar-refractivity contribution is -0.138. The molecule has 178 valence electrons. The zero-order valence-electron chi connectivity index (χ0n) is 19.2. The van der Waals surface area contributed by atoms with Crippen LogP contribution in [-0.4, -0.2) is 62.6 Å². The van der Waals surface area contributed by atoms with E-state index < -0.39 is 0 Å². The molecule has 0 saturated carbocycles. The Balaban J connectivity index is 1.31. The molecule has 34 heavy (non-hydrogen) atoms. The van der Waals surface area contributed by atoms with Crippen LogP contribution >= 0.6 is 11.3 Å². The van der Waals surface area contributed by atoms with Gasteiger partial charge < -0.3 is 9.80 Å². The van der Waals surface area contributed by atoms with Crippen LogP contribution < -0.4 is 0 Å². The van der Waals surface area contributed by atoms with Gasteiger partial charge in [0.1, 0.15) is 5.82 Å². The first-order valence-electron chi connectivity index (χ1n) is 11.8. The number of likely N-dealkylation sites (tertiary alicyclic amines) is 2. The third-order valence-corrected chi connectivity index (χ3v) is 7.58. The Morgan fingerprint density at radius 2 is 1.79 bits per heavy atom. The van der Waals surface area contributed by atoms with Gasteiger partial charge in [-0.15, -0.1) is 16.4 Å². The maximum Gasteiger partial charge on any atom is 0.293 e. The summed E-state index contributed by atoms with van der Waals surface area (Å²) in [6.07, 6.45) is 3.57. The van der Waals surface area contributed by atoms with Crippen molar-refractivity contribution < 1.29 is 14.0 Å². The Bertz CT molecular complexity index is 1150. The fraction of sp³-hybridized carbons (Fsp3) is 0.440. The van der Waals surface area contributed by atoms with Gasteiger partial charge in [-0.2, -0.15) is 0 Å². The lowest BCUT2D eigenvalue weighted by atomic mass is 9.92. The summed E-state index contributed by atoms with van der Waals surface area (Å²) in [6.45, 7) is 4.91. The van der Waals surface area contributed by atoms with Crippen molar-refractivity contribution in [3.63, 3.8) is 0 Å². The molecule has 1 aromatic carbocycles. The number of halogens is 1. The summed E-state index contributed by atoms with van der Waals surface area (Å²) in [7, 11) is 0. The van der Waals surface area contributed by atoms with Crippen LogP contribution in [0.5, 0.6) is 0 Å². The van der Waals surface area contributed by atoms with Gasteiger partial charge >= 0.3 is 0 Å². The number of rotatable bonds is 4. The van der Waals surface area contributed by atoms with Gasteiger partial charge in [-0.25, -0.2) is 14.1 Å². The SMILES string of the molecule is CC1CCCN(C(=O)C2CCN(C(=O)c3nc(-c4cccs4)n(-c4ccc(F)cc4)n3)CC2)C1. The van der Waals surface area contributed by atoms with Gasteiger partial charge in [-0.05, 0) is 67.3 Å². The highest BCUT2D eigenvalue weighted by atomic mass is 32.1. The van der Waals surface area contributed by atoms with Crippen LogP contribution in [0.2, 0.25) is 0 Å². The zero-order chi connectivity index (χ0) is 23.7. The van der Waals surface area contributed by atoms with Crippen molar-refractivity contribution in [3.8, 4) is 16.4 Å². The predicted octanol–water partition coefficient (Wildman–Crippen LogP) is 4.25. The first-order valence-corrected chi connectivity index (χ1v) is 12.7. The van der Waals surface area contributed by atoms with Crippen LogP contribution in [-0.2, 0) is 4.79 Å². The number of hydrogen-bond acceptors (Lipinski definition) is 5. The van der Waals surface area contributed by atoms with Crippen molar-refractivity contribution in [2.75, 3.05) is 26.2 Å². The number of thiophene rings is 1. The molecule has 2 aliphatic rings. The minimum atomic E-state index is -0.339. The largest absolute Gasteiger partial charge is 0.342 e. The highest BCUT2D eigenvalue weighted by Gasteiger charge is 2.33. The van der Waals surface area contributed by atoms with Crippen molar-refractivity contribution in [3.05, 3.63) is 53.4 Å². The molecule has 5 rings (SSSR count). The molecule has 1 atom stereocenters. The molecule has 2 aliphatic heterocycles. The van der Waals surface area contributed by atoms with Crippen molar-refractivity contribution >= 4 is 23.2 Å². The van der Waals surface area contributed by atoms with E-state index in [1.807, 2.05) is 22.4 Å². The Hall–Kier alpha value is -3.07. The van der Waals surface area contributed by atoms with E-state index in [4.69, 9.17) is 0 Å². The average molecular weight is 482 g/mol. The Morgan fingerprint density at radius 3 is 2.47 bits per heavy atom. The molecule has 0 bridgehead atoms. The number of carbonyl (C=O) groups is 2. The fourth-order valence-corrected chi connectivity index (χ4v) is 5.55. The highest BCUT2D eigenvalue weighted by Crippen LogP contribution is 2.27. The van der Waals surface area contributed by atoms with Crippen LogP contribution in [0.25, 0.3) is 16.4 Å². The van der Waals surface area contributed by atoms with Crippen LogP contribution in [0.3, 0.4) is 0 Å². The summed E-state index contributed by atoms with van der Waals surface area (Å²) in [5, 5.41) is 6.44. The lowest BCUT2D eigenvalue weighted by Crippen LogP contribution is -2.47. The molecule has 0 radical (unpaired) electrons. The van der Waals surface area contributed by atoms with Gasteiger partial charge in [0.05, 0.1) is 10.6 Å². The fourth-order valence-electron chi connectivity index (χ4n) is 4.85. The second kappa shape index (κ2) is 9.66. The van der Waals surface area contributed by atoms with Crippen LogP contribution in [0.4, 0.5) is 4.39 Å². The van der Waals surface area contributed by atoms with E-state index in [1.165, 1.54) is 29.9 Å². The number of aromatic nitrogens is 3. The normalized spacial score (nSPS) is 19.4. The zero-order valence-corrected chi connectivity index (χ0v) is 20.0. The Kier molecular flexibility index (Phi) is 6.45. The molecule has 2 aromatic heterocycles. The van der Waals surface area contributed by atoms with E-state index in [1.54, 1.807) is 21.7 Å². The molecule has 3 aromatic rings. The first-order chi connectivity index (χ1) is 16.5. The molecule has 0 N–H and O–H groups in total. The van der Waals surface area contributed by atoms with E-state index in [-0.39, 0.29) is 29.4 Å². The van der Waals surface area contributed by atoms with E-state index in [2.05, 4.69) is 17.0 Å². The number of hydrogen-bond donors (Lipinski definition) is 0. The monoisotopic (exact) mass is 481 g/mol. The third kappa shape index (κ3) is 4.61. The summed E-state index contributed by atoms with van der Waals surface area (Å²) >= 11 is 1.50. The van der Waals surface area contributed by atoms with Crippen LogP contribution in [0.15, 0.2) is 41.8 Å². The van der Waals surface area contributed by atoms with Crippen molar-refractivity contribution in [1.29, 1.82) is 0 Å².